The molecule has 7 nitrogen and oxygen atoms in total. The Morgan fingerprint density at radius 1 is 1.09 bits per heavy atom. The second-order valence-corrected chi connectivity index (χ2v) is 9.36. The van der Waals surface area contributed by atoms with Gasteiger partial charge in [0.1, 0.15) is 17.6 Å². The highest BCUT2D eigenvalue weighted by Gasteiger charge is 2.46. The first-order valence-corrected chi connectivity index (χ1v) is 10.9. The minimum Gasteiger partial charge on any atom is -0.460 e. The van der Waals surface area contributed by atoms with Crippen LogP contribution >= 0.6 is 23.2 Å². The Balaban J connectivity index is 1.76. The smallest absolute Gasteiger partial charge is 0.319 e. The van der Waals surface area contributed by atoms with Crippen LogP contribution in [0.1, 0.15) is 26.3 Å². The number of carbonyl (C=O) groups is 3. The van der Waals surface area contributed by atoms with Crippen molar-refractivity contribution >= 4 is 46.8 Å². The number of hydrogen-bond acceptors (Lipinski definition) is 4. The molecule has 1 heterocycles. The van der Waals surface area contributed by atoms with E-state index in [0.717, 1.165) is 5.56 Å². The molecule has 3 amide bonds. The fraction of sp³-hybridized carbons (Fsp3) is 0.348. The molecule has 170 valence electrons. The molecule has 1 saturated heterocycles. The summed E-state index contributed by atoms with van der Waals surface area (Å²) < 4.78 is 5.51. The second kappa shape index (κ2) is 9.79. The van der Waals surface area contributed by atoms with E-state index in [1.165, 1.54) is 6.07 Å². The Kier molecular flexibility index (Phi) is 7.31. The van der Waals surface area contributed by atoms with Crippen LogP contribution in [-0.2, 0) is 20.9 Å². The van der Waals surface area contributed by atoms with Crippen LogP contribution in [0, 0.1) is 5.92 Å². The van der Waals surface area contributed by atoms with Crippen LogP contribution in [0.2, 0.25) is 10.0 Å². The largest absolute Gasteiger partial charge is 0.460 e. The number of ether oxygens (including phenoxy) is 1. The standard InChI is InChI=1S/C23H25Cl2N3O4/c1-23(2,3)32-21(30)16-13-28(12-14-7-5-4-6-8-14)20(29)19(16)27-22(31)26-15-9-10-17(24)18(25)11-15/h4-11,16,19H,12-13H2,1-3H3,(H2,26,27,31). The van der Waals surface area contributed by atoms with Crippen molar-refractivity contribution in [3.63, 3.8) is 0 Å². The number of nitrogens with one attached hydrogen (secondary N) is 2. The number of halogens is 2. The van der Waals surface area contributed by atoms with E-state index in [9.17, 15) is 14.4 Å². The lowest BCUT2D eigenvalue weighted by atomic mass is 10.0. The van der Waals surface area contributed by atoms with Crippen LogP contribution in [0.15, 0.2) is 48.5 Å². The zero-order valence-electron chi connectivity index (χ0n) is 18.0. The van der Waals surface area contributed by atoms with Crippen molar-refractivity contribution in [2.24, 2.45) is 5.92 Å². The van der Waals surface area contributed by atoms with Gasteiger partial charge in [0, 0.05) is 18.8 Å². The van der Waals surface area contributed by atoms with E-state index < -0.39 is 29.6 Å². The summed E-state index contributed by atoms with van der Waals surface area (Å²) in [4.78, 5) is 40.1. The fourth-order valence-electron chi connectivity index (χ4n) is 3.38. The van der Waals surface area contributed by atoms with Gasteiger partial charge in [-0.2, -0.15) is 0 Å². The molecule has 1 aliphatic heterocycles. The van der Waals surface area contributed by atoms with Gasteiger partial charge in [0.25, 0.3) is 0 Å². The van der Waals surface area contributed by atoms with Gasteiger partial charge in [0.05, 0.1) is 10.0 Å². The lowest BCUT2D eigenvalue weighted by molar-refractivity contribution is -0.160. The molecule has 0 spiro atoms. The maximum Gasteiger partial charge on any atom is 0.319 e. The number of benzene rings is 2. The van der Waals surface area contributed by atoms with Crippen molar-refractivity contribution in [3.8, 4) is 0 Å². The molecule has 32 heavy (non-hydrogen) atoms. The molecule has 2 unspecified atom stereocenters. The Bertz CT molecular complexity index is 1010. The molecule has 9 heteroatoms. The van der Waals surface area contributed by atoms with Crippen LogP contribution in [-0.4, -0.2) is 41.0 Å². The van der Waals surface area contributed by atoms with Crippen molar-refractivity contribution in [2.75, 3.05) is 11.9 Å². The summed E-state index contributed by atoms with van der Waals surface area (Å²) in [5.74, 6) is -1.74. The monoisotopic (exact) mass is 477 g/mol. The first-order chi connectivity index (χ1) is 15.0. The number of urea groups is 1. The van der Waals surface area contributed by atoms with Crippen LogP contribution in [0.4, 0.5) is 10.5 Å². The Morgan fingerprint density at radius 3 is 2.41 bits per heavy atom. The normalized spacial score (nSPS) is 18.4. The first kappa shape index (κ1) is 23.9. The van der Waals surface area contributed by atoms with Crippen molar-refractivity contribution in [2.45, 2.75) is 39.0 Å². The molecule has 0 aliphatic carbocycles. The Hall–Kier alpha value is -2.77. The second-order valence-electron chi connectivity index (χ2n) is 8.55. The zero-order chi connectivity index (χ0) is 23.5. The number of anilines is 1. The van der Waals surface area contributed by atoms with Crippen LogP contribution in [0.3, 0.4) is 0 Å². The molecule has 2 N–H and O–H groups in total. The molecule has 2 aromatic rings. The van der Waals surface area contributed by atoms with E-state index in [4.69, 9.17) is 27.9 Å². The molecule has 0 radical (unpaired) electrons. The number of nitrogens with zero attached hydrogens (tertiary/aromatic N) is 1. The Morgan fingerprint density at radius 2 is 1.78 bits per heavy atom. The summed E-state index contributed by atoms with van der Waals surface area (Å²) in [7, 11) is 0. The van der Waals surface area contributed by atoms with E-state index in [2.05, 4.69) is 10.6 Å². The average Bonchev–Trinajstić information content (AvgIpc) is 3.00. The molecule has 3 rings (SSSR count). The number of hydrogen-bond donors (Lipinski definition) is 2. The third-order valence-electron chi connectivity index (χ3n) is 4.79. The number of rotatable bonds is 5. The van der Waals surface area contributed by atoms with Crippen LogP contribution < -0.4 is 10.6 Å². The van der Waals surface area contributed by atoms with Crippen molar-refractivity contribution in [3.05, 3.63) is 64.1 Å². The predicted octanol–water partition coefficient (Wildman–Crippen LogP) is 4.48. The molecule has 0 aromatic heterocycles. The number of amides is 3. The minimum atomic E-state index is -1.06. The van der Waals surface area contributed by atoms with Gasteiger partial charge in [-0.15, -0.1) is 0 Å². The maximum absolute atomic E-state index is 13.1. The minimum absolute atomic E-state index is 0.139. The van der Waals surface area contributed by atoms with Gasteiger partial charge >= 0.3 is 12.0 Å². The lowest BCUT2D eigenvalue weighted by Gasteiger charge is -2.24. The van der Waals surface area contributed by atoms with E-state index >= 15 is 0 Å². The summed E-state index contributed by atoms with van der Waals surface area (Å²) in [5.41, 5.74) is 0.599. The summed E-state index contributed by atoms with van der Waals surface area (Å²) >= 11 is 11.9. The quantitative estimate of drug-likeness (QED) is 0.621. The van der Waals surface area contributed by atoms with Crippen molar-refractivity contribution < 1.29 is 19.1 Å². The van der Waals surface area contributed by atoms with Gasteiger partial charge < -0.3 is 20.3 Å². The summed E-state index contributed by atoms with van der Waals surface area (Å²) in [6.45, 7) is 5.72. The van der Waals surface area contributed by atoms with Gasteiger partial charge in [-0.3, -0.25) is 9.59 Å². The van der Waals surface area contributed by atoms with Crippen LogP contribution in [0.5, 0.6) is 0 Å². The van der Waals surface area contributed by atoms with Crippen LogP contribution in [0.25, 0.3) is 0 Å². The topological polar surface area (TPSA) is 87.7 Å². The molecule has 2 atom stereocenters. The molecule has 0 saturated carbocycles. The Labute approximate surface area is 197 Å². The highest BCUT2D eigenvalue weighted by Crippen LogP contribution is 2.26. The molecule has 2 aromatic carbocycles. The zero-order valence-corrected chi connectivity index (χ0v) is 19.5. The fourth-order valence-corrected chi connectivity index (χ4v) is 3.68. The summed E-state index contributed by atoms with van der Waals surface area (Å²) in [6, 6.07) is 12.4. The van der Waals surface area contributed by atoms with E-state index in [-0.39, 0.29) is 17.5 Å². The van der Waals surface area contributed by atoms with Gasteiger partial charge in [-0.1, -0.05) is 53.5 Å². The predicted molar refractivity (Wildman–Crippen MR) is 124 cm³/mol. The summed E-state index contributed by atoms with van der Waals surface area (Å²) in [5, 5.41) is 5.87. The first-order valence-electron chi connectivity index (χ1n) is 10.1. The lowest BCUT2D eigenvalue weighted by Crippen LogP contribution is -2.48. The van der Waals surface area contributed by atoms with Crippen molar-refractivity contribution in [1.29, 1.82) is 0 Å². The molecule has 0 bridgehead atoms. The number of carbonyl (C=O) groups excluding carboxylic acids is 3. The highest BCUT2D eigenvalue weighted by molar-refractivity contribution is 6.42. The molecule has 1 fully saturated rings. The third-order valence-corrected chi connectivity index (χ3v) is 5.53. The van der Waals surface area contributed by atoms with E-state index in [1.807, 2.05) is 30.3 Å². The number of likely N-dealkylation sites (tertiary alicyclic amines) is 1. The van der Waals surface area contributed by atoms with E-state index in [1.54, 1.807) is 37.8 Å². The number of esters is 1. The third kappa shape index (κ3) is 6.14. The van der Waals surface area contributed by atoms with E-state index in [0.29, 0.717) is 17.3 Å². The average molecular weight is 478 g/mol. The van der Waals surface area contributed by atoms with Crippen molar-refractivity contribution in [1.82, 2.24) is 10.2 Å². The molecule has 1 aliphatic rings. The maximum atomic E-state index is 13.1. The summed E-state index contributed by atoms with van der Waals surface area (Å²) in [6.07, 6.45) is 0. The SMILES string of the molecule is CC(C)(C)OC(=O)C1CN(Cc2ccccc2)C(=O)C1NC(=O)Nc1ccc(Cl)c(Cl)c1. The molecular weight excluding hydrogens is 453 g/mol. The van der Waals surface area contributed by atoms with Gasteiger partial charge in [0.15, 0.2) is 0 Å². The molecular formula is C23H25Cl2N3O4. The van der Waals surface area contributed by atoms with Gasteiger partial charge in [0.2, 0.25) is 5.91 Å². The highest BCUT2D eigenvalue weighted by atomic mass is 35.5. The van der Waals surface area contributed by atoms with Gasteiger partial charge in [-0.05, 0) is 44.5 Å². The van der Waals surface area contributed by atoms with Gasteiger partial charge in [-0.25, -0.2) is 4.79 Å².